The zero-order valence-electron chi connectivity index (χ0n) is 8.92. The third-order valence-electron chi connectivity index (χ3n) is 1.92. The number of hydrogen-bond donors (Lipinski definition) is 1. The van der Waals surface area contributed by atoms with Crippen molar-refractivity contribution in [2.24, 2.45) is 5.73 Å². The number of rotatable bonds is 3. The average molecular weight is 274 g/mol. The first kappa shape index (κ1) is 20.3. The van der Waals surface area contributed by atoms with Crippen molar-refractivity contribution in [3.05, 3.63) is 30.3 Å². The Labute approximate surface area is 110 Å². The zero-order valence-corrected chi connectivity index (χ0v) is 11.4. The number of para-hydroxylation sites is 1. The standard InChI is InChI=1S/C10H16N2.3ClH/c1-3-12(9(2)11)10-7-5-4-6-8-10;;;/h4-9H,3,11H2,1-2H3;3*1H. The minimum atomic E-state index is 0. The lowest BCUT2D eigenvalue weighted by Gasteiger charge is -2.26. The monoisotopic (exact) mass is 272 g/mol. The SMILES string of the molecule is CCN(c1ccccc1)C(C)N.Cl.Cl.Cl. The zero-order chi connectivity index (χ0) is 8.97. The fraction of sp³-hybridized carbons (Fsp3) is 0.400. The van der Waals surface area contributed by atoms with Crippen LogP contribution in [-0.2, 0) is 0 Å². The lowest BCUT2D eigenvalue weighted by atomic mass is 10.3. The molecule has 1 aromatic carbocycles. The van der Waals surface area contributed by atoms with Crippen molar-refractivity contribution < 1.29 is 0 Å². The van der Waals surface area contributed by atoms with Crippen LogP contribution in [0.3, 0.4) is 0 Å². The molecule has 0 saturated carbocycles. The van der Waals surface area contributed by atoms with E-state index in [1.54, 1.807) is 0 Å². The Balaban J connectivity index is -0.000000480. The molecule has 0 aromatic heterocycles. The van der Waals surface area contributed by atoms with Gasteiger partial charge in [0.15, 0.2) is 0 Å². The largest absolute Gasteiger partial charge is 0.357 e. The highest BCUT2D eigenvalue weighted by Crippen LogP contribution is 2.13. The molecule has 0 amide bonds. The third kappa shape index (κ3) is 6.10. The molecule has 90 valence electrons. The van der Waals surface area contributed by atoms with E-state index in [1.807, 2.05) is 25.1 Å². The molecule has 0 fully saturated rings. The molecule has 0 heterocycles. The molecule has 0 saturated heterocycles. The summed E-state index contributed by atoms with van der Waals surface area (Å²) in [4.78, 5) is 2.15. The van der Waals surface area contributed by atoms with Crippen LogP contribution in [-0.4, -0.2) is 12.7 Å². The van der Waals surface area contributed by atoms with Gasteiger partial charge in [-0.3, -0.25) is 0 Å². The van der Waals surface area contributed by atoms with Gasteiger partial charge in [-0.25, -0.2) is 0 Å². The smallest absolute Gasteiger partial charge is 0.0742 e. The van der Waals surface area contributed by atoms with Gasteiger partial charge in [-0.05, 0) is 26.0 Å². The summed E-state index contributed by atoms with van der Waals surface area (Å²) in [5.74, 6) is 0. The molecular weight excluding hydrogens is 254 g/mol. The molecule has 2 nitrogen and oxygen atoms in total. The number of hydrogen-bond acceptors (Lipinski definition) is 2. The summed E-state index contributed by atoms with van der Waals surface area (Å²) in [5.41, 5.74) is 6.99. The maximum atomic E-state index is 5.81. The molecule has 0 aliphatic rings. The van der Waals surface area contributed by atoms with Crippen molar-refractivity contribution in [1.29, 1.82) is 0 Å². The number of nitrogens with two attached hydrogens (primary N) is 1. The molecule has 5 heteroatoms. The van der Waals surface area contributed by atoms with E-state index in [0.29, 0.717) is 0 Å². The van der Waals surface area contributed by atoms with E-state index in [1.165, 1.54) is 5.69 Å². The molecule has 0 aliphatic carbocycles. The van der Waals surface area contributed by atoms with E-state index in [2.05, 4.69) is 24.0 Å². The summed E-state index contributed by atoms with van der Waals surface area (Å²) in [7, 11) is 0. The number of benzene rings is 1. The van der Waals surface area contributed by atoms with Crippen molar-refractivity contribution in [3.8, 4) is 0 Å². The van der Waals surface area contributed by atoms with Crippen molar-refractivity contribution >= 4 is 42.9 Å². The van der Waals surface area contributed by atoms with E-state index in [9.17, 15) is 0 Å². The van der Waals surface area contributed by atoms with Crippen LogP contribution in [0, 0.1) is 0 Å². The molecule has 1 aromatic rings. The van der Waals surface area contributed by atoms with Gasteiger partial charge in [-0.15, -0.1) is 37.2 Å². The molecule has 15 heavy (non-hydrogen) atoms. The van der Waals surface area contributed by atoms with Gasteiger partial charge < -0.3 is 10.6 Å². The number of nitrogens with zero attached hydrogens (tertiary/aromatic N) is 1. The molecule has 0 radical (unpaired) electrons. The van der Waals surface area contributed by atoms with E-state index < -0.39 is 0 Å². The van der Waals surface area contributed by atoms with Crippen LogP contribution >= 0.6 is 37.2 Å². The predicted molar refractivity (Wildman–Crippen MR) is 74.9 cm³/mol. The van der Waals surface area contributed by atoms with Gasteiger partial charge in [0, 0.05) is 12.2 Å². The summed E-state index contributed by atoms with van der Waals surface area (Å²) in [6.07, 6.45) is 0.0809. The molecule has 1 atom stereocenters. The Morgan fingerprint density at radius 1 is 1.13 bits per heavy atom. The van der Waals surface area contributed by atoms with E-state index in [4.69, 9.17) is 5.73 Å². The van der Waals surface area contributed by atoms with E-state index in [0.717, 1.165) is 6.54 Å². The topological polar surface area (TPSA) is 29.3 Å². The second-order valence-electron chi connectivity index (χ2n) is 2.86. The van der Waals surface area contributed by atoms with E-state index in [-0.39, 0.29) is 43.4 Å². The summed E-state index contributed by atoms with van der Waals surface area (Å²) in [5, 5.41) is 0. The average Bonchev–Trinajstić information content (AvgIpc) is 2.07. The Kier molecular flexibility index (Phi) is 14.0. The summed E-state index contributed by atoms with van der Waals surface area (Å²) in [6.45, 7) is 5.05. The van der Waals surface area contributed by atoms with Gasteiger partial charge in [0.2, 0.25) is 0 Å². The Morgan fingerprint density at radius 3 is 1.93 bits per heavy atom. The first-order valence-corrected chi connectivity index (χ1v) is 4.33. The predicted octanol–water partition coefficient (Wildman–Crippen LogP) is 3.08. The van der Waals surface area contributed by atoms with Gasteiger partial charge in [-0.2, -0.15) is 0 Å². The van der Waals surface area contributed by atoms with Crippen LogP contribution in [0.4, 0.5) is 5.69 Å². The first-order chi connectivity index (χ1) is 5.75. The van der Waals surface area contributed by atoms with Crippen molar-refractivity contribution in [3.63, 3.8) is 0 Å². The minimum absolute atomic E-state index is 0. The second-order valence-corrected chi connectivity index (χ2v) is 2.86. The Hall–Kier alpha value is -0.150. The number of halogens is 3. The van der Waals surface area contributed by atoms with Gasteiger partial charge in [0.05, 0.1) is 6.17 Å². The van der Waals surface area contributed by atoms with Gasteiger partial charge in [-0.1, -0.05) is 18.2 Å². The summed E-state index contributed by atoms with van der Waals surface area (Å²) in [6, 6.07) is 10.2. The van der Waals surface area contributed by atoms with Crippen LogP contribution in [0.1, 0.15) is 13.8 Å². The van der Waals surface area contributed by atoms with Gasteiger partial charge >= 0.3 is 0 Å². The highest BCUT2D eigenvalue weighted by Gasteiger charge is 2.06. The molecule has 1 rings (SSSR count). The maximum absolute atomic E-state index is 5.81. The molecule has 2 N–H and O–H groups in total. The van der Waals surface area contributed by atoms with Crippen LogP contribution < -0.4 is 10.6 Å². The Morgan fingerprint density at radius 2 is 1.60 bits per heavy atom. The van der Waals surface area contributed by atoms with Gasteiger partial charge in [0.1, 0.15) is 0 Å². The molecule has 0 bridgehead atoms. The summed E-state index contributed by atoms with van der Waals surface area (Å²) >= 11 is 0. The quantitative estimate of drug-likeness (QED) is 0.858. The summed E-state index contributed by atoms with van der Waals surface area (Å²) < 4.78 is 0. The highest BCUT2D eigenvalue weighted by atomic mass is 35.5. The van der Waals surface area contributed by atoms with Crippen molar-refractivity contribution in [2.45, 2.75) is 20.0 Å². The second kappa shape index (κ2) is 10.4. The normalized spacial score (nSPS) is 10.1. The maximum Gasteiger partial charge on any atom is 0.0742 e. The van der Waals surface area contributed by atoms with E-state index >= 15 is 0 Å². The molecule has 1 unspecified atom stereocenters. The number of anilines is 1. The lowest BCUT2D eigenvalue weighted by molar-refractivity contribution is 0.676. The fourth-order valence-electron chi connectivity index (χ4n) is 1.33. The van der Waals surface area contributed by atoms with Crippen LogP contribution in [0.2, 0.25) is 0 Å². The van der Waals surface area contributed by atoms with Crippen LogP contribution in [0.25, 0.3) is 0 Å². The van der Waals surface area contributed by atoms with Crippen LogP contribution in [0.5, 0.6) is 0 Å². The van der Waals surface area contributed by atoms with Crippen molar-refractivity contribution in [1.82, 2.24) is 0 Å². The van der Waals surface area contributed by atoms with Gasteiger partial charge in [0.25, 0.3) is 0 Å². The molecular formula is C10H19Cl3N2. The van der Waals surface area contributed by atoms with Crippen LogP contribution in [0.15, 0.2) is 30.3 Å². The highest BCUT2D eigenvalue weighted by molar-refractivity contribution is 5.86. The van der Waals surface area contributed by atoms with Crippen molar-refractivity contribution in [2.75, 3.05) is 11.4 Å². The lowest BCUT2D eigenvalue weighted by Crippen LogP contribution is -2.39. The minimum Gasteiger partial charge on any atom is -0.357 e. The first-order valence-electron chi connectivity index (χ1n) is 4.33. The fourth-order valence-corrected chi connectivity index (χ4v) is 1.33. The Bertz CT molecular complexity index is 229. The molecule has 0 spiro atoms. The third-order valence-corrected chi connectivity index (χ3v) is 1.92. The molecule has 0 aliphatic heterocycles.